The average Bonchev–Trinajstić information content (AvgIpc) is 3.08. The number of pyridine rings is 1. The van der Waals surface area contributed by atoms with Gasteiger partial charge in [-0.25, -0.2) is 4.98 Å². The van der Waals surface area contributed by atoms with Crippen molar-refractivity contribution in [3.8, 4) is 11.6 Å². The largest absolute Gasteiger partial charge is 0.494 e. The molecule has 0 spiro atoms. The van der Waals surface area contributed by atoms with Crippen molar-refractivity contribution in [2.75, 3.05) is 13.2 Å². The van der Waals surface area contributed by atoms with Crippen molar-refractivity contribution in [2.24, 2.45) is 5.16 Å². The van der Waals surface area contributed by atoms with Gasteiger partial charge in [0.25, 0.3) is 0 Å². The van der Waals surface area contributed by atoms with Gasteiger partial charge in [-0.05, 0) is 29.8 Å². The molecule has 0 aliphatic carbocycles. The van der Waals surface area contributed by atoms with Gasteiger partial charge in [0.05, 0.1) is 22.3 Å². The third kappa shape index (κ3) is 5.03. The van der Waals surface area contributed by atoms with Crippen molar-refractivity contribution < 1.29 is 14.7 Å². The molecule has 0 aliphatic rings. The van der Waals surface area contributed by atoms with Gasteiger partial charge in [0.15, 0.2) is 6.61 Å². The predicted molar refractivity (Wildman–Crippen MR) is 117 cm³/mol. The Kier molecular flexibility index (Phi) is 6.05. The van der Waals surface area contributed by atoms with E-state index < -0.39 is 0 Å². The number of aromatic amines is 1. The highest BCUT2D eigenvalue weighted by Crippen LogP contribution is 2.21. The first-order chi connectivity index (χ1) is 14.7. The Hall–Kier alpha value is -3.65. The lowest BCUT2D eigenvalue weighted by Crippen LogP contribution is -2.04. The number of H-pyrrole nitrogens is 1. The summed E-state index contributed by atoms with van der Waals surface area (Å²) in [5.74, 6) is 0.635. The number of nitrogens with one attached hydrogen (secondary N) is 1. The van der Waals surface area contributed by atoms with Gasteiger partial charge in [0, 0.05) is 11.8 Å². The summed E-state index contributed by atoms with van der Waals surface area (Å²) in [5.41, 5.74) is 2.61. The molecule has 0 atom stereocenters. The lowest BCUT2D eigenvalue weighted by atomic mass is 10.1. The Morgan fingerprint density at radius 1 is 1.07 bits per heavy atom. The number of hydrogen-bond acceptors (Lipinski definition) is 7. The Bertz CT molecular complexity index is 1220. The lowest BCUT2D eigenvalue weighted by molar-refractivity contribution is 0.108. The van der Waals surface area contributed by atoms with Crippen LogP contribution in [0.25, 0.3) is 10.9 Å². The standard InChI is InChI=1S/C22H19N3O4S/c26-21-20(30-22(27)25-21)13-15-5-9-18(10-6-15)28-11-12-29-23-14-17-8-7-16-3-1-2-4-19(16)24-17/h1-10,14,26H,11-13H2,(H,25,27). The SMILES string of the molecule is O=c1[nH]c(O)c(Cc2ccc(OCCON=Cc3ccc4ccccc4n3)cc2)s1. The minimum atomic E-state index is -0.262. The minimum Gasteiger partial charge on any atom is -0.494 e. The van der Waals surface area contributed by atoms with Crippen molar-refractivity contribution in [2.45, 2.75) is 6.42 Å². The molecule has 30 heavy (non-hydrogen) atoms. The van der Waals surface area contributed by atoms with Gasteiger partial charge in [-0.2, -0.15) is 0 Å². The van der Waals surface area contributed by atoms with E-state index in [2.05, 4.69) is 15.1 Å². The molecule has 0 amide bonds. The summed E-state index contributed by atoms with van der Waals surface area (Å²) in [6.45, 7) is 0.652. The van der Waals surface area contributed by atoms with Gasteiger partial charge < -0.3 is 14.7 Å². The lowest BCUT2D eigenvalue weighted by Gasteiger charge is -2.06. The molecule has 0 saturated carbocycles. The highest BCUT2D eigenvalue weighted by molar-refractivity contribution is 7.09. The maximum atomic E-state index is 11.2. The summed E-state index contributed by atoms with van der Waals surface area (Å²) < 4.78 is 5.63. The fraction of sp³-hybridized carbons (Fsp3) is 0.136. The number of hydrogen-bond donors (Lipinski definition) is 2. The van der Waals surface area contributed by atoms with Gasteiger partial charge >= 0.3 is 4.87 Å². The number of aromatic nitrogens is 2. The van der Waals surface area contributed by atoms with Crippen molar-refractivity contribution in [3.05, 3.63) is 86.5 Å². The smallest absolute Gasteiger partial charge is 0.307 e. The maximum Gasteiger partial charge on any atom is 0.307 e. The van der Waals surface area contributed by atoms with Crippen LogP contribution < -0.4 is 9.61 Å². The molecule has 0 unspecified atom stereocenters. The van der Waals surface area contributed by atoms with E-state index in [-0.39, 0.29) is 10.8 Å². The summed E-state index contributed by atoms with van der Waals surface area (Å²) in [7, 11) is 0. The molecular formula is C22H19N3O4S. The predicted octanol–water partition coefficient (Wildman–Crippen LogP) is 3.71. The molecule has 0 radical (unpaired) electrons. The van der Waals surface area contributed by atoms with Crippen LogP contribution in [0.15, 0.2) is 70.6 Å². The molecule has 4 rings (SSSR count). The number of ether oxygens (including phenoxy) is 1. The molecule has 2 N–H and O–H groups in total. The van der Waals surface area contributed by atoms with Crippen molar-refractivity contribution in [1.82, 2.24) is 9.97 Å². The van der Waals surface area contributed by atoms with Gasteiger partial charge in [0.1, 0.15) is 12.4 Å². The first-order valence-electron chi connectivity index (χ1n) is 9.31. The van der Waals surface area contributed by atoms with E-state index in [1.165, 1.54) is 0 Å². The molecule has 2 aromatic heterocycles. The van der Waals surface area contributed by atoms with E-state index in [9.17, 15) is 9.90 Å². The second-order valence-electron chi connectivity index (χ2n) is 6.45. The molecule has 4 aromatic rings. The molecular weight excluding hydrogens is 402 g/mol. The second-order valence-corrected chi connectivity index (χ2v) is 7.52. The molecule has 7 nitrogen and oxygen atoms in total. The number of oxime groups is 1. The molecule has 2 aromatic carbocycles. The number of rotatable bonds is 8. The fourth-order valence-corrected chi connectivity index (χ4v) is 3.61. The van der Waals surface area contributed by atoms with Gasteiger partial charge in [0.2, 0.25) is 5.88 Å². The number of benzene rings is 2. The molecule has 2 heterocycles. The highest BCUT2D eigenvalue weighted by atomic mass is 32.1. The van der Waals surface area contributed by atoms with E-state index in [1.54, 1.807) is 6.21 Å². The van der Waals surface area contributed by atoms with Crippen molar-refractivity contribution in [3.63, 3.8) is 0 Å². The Labute approximate surface area is 176 Å². The summed E-state index contributed by atoms with van der Waals surface area (Å²) in [6.07, 6.45) is 2.06. The van der Waals surface area contributed by atoms with Crippen LogP contribution in [0.1, 0.15) is 16.1 Å². The minimum absolute atomic E-state index is 0.0677. The second kappa shape index (κ2) is 9.23. The summed E-state index contributed by atoms with van der Waals surface area (Å²) >= 11 is 1.01. The van der Waals surface area contributed by atoms with Crippen LogP contribution in [0.5, 0.6) is 11.6 Å². The van der Waals surface area contributed by atoms with Crippen molar-refractivity contribution in [1.29, 1.82) is 0 Å². The maximum absolute atomic E-state index is 11.2. The molecule has 0 bridgehead atoms. The van der Waals surface area contributed by atoms with Gasteiger partial charge in [-0.3, -0.25) is 9.78 Å². The van der Waals surface area contributed by atoms with E-state index in [4.69, 9.17) is 9.57 Å². The molecule has 0 saturated heterocycles. The molecule has 0 fully saturated rings. The molecule has 0 aliphatic heterocycles. The Morgan fingerprint density at radius 3 is 2.70 bits per heavy atom. The number of fused-ring (bicyclic) bond motifs is 1. The third-order valence-corrected chi connectivity index (χ3v) is 5.18. The van der Waals surface area contributed by atoms with Crippen LogP contribution in [-0.2, 0) is 11.3 Å². The average molecular weight is 421 g/mol. The van der Waals surface area contributed by atoms with Crippen LogP contribution in [0.2, 0.25) is 0 Å². The van der Waals surface area contributed by atoms with E-state index in [0.29, 0.717) is 30.3 Å². The normalized spacial score (nSPS) is 11.2. The number of nitrogens with zero attached hydrogens (tertiary/aromatic N) is 2. The number of thiazole rings is 1. The first kappa shape index (κ1) is 19.7. The summed E-state index contributed by atoms with van der Waals surface area (Å²) in [6, 6.07) is 19.2. The van der Waals surface area contributed by atoms with Crippen LogP contribution in [0, 0.1) is 0 Å². The first-order valence-corrected chi connectivity index (χ1v) is 10.1. The fourth-order valence-electron chi connectivity index (χ4n) is 2.86. The highest BCUT2D eigenvalue weighted by Gasteiger charge is 2.07. The van der Waals surface area contributed by atoms with E-state index in [1.807, 2.05) is 60.7 Å². The molecule has 152 valence electrons. The summed E-state index contributed by atoms with van der Waals surface area (Å²) in [4.78, 5) is 23.7. The zero-order chi connectivity index (χ0) is 20.8. The van der Waals surface area contributed by atoms with Crippen LogP contribution in [0.3, 0.4) is 0 Å². The van der Waals surface area contributed by atoms with Crippen LogP contribution >= 0.6 is 11.3 Å². The van der Waals surface area contributed by atoms with Crippen LogP contribution in [0.4, 0.5) is 0 Å². The quantitative estimate of drug-likeness (QED) is 0.257. The third-order valence-electron chi connectivity index (χ3n) is 4.31. The number of para-hydroxylation sites is 1. The van der Waals surface area contributed by atoms with Gasteiger partial charge in [-0.1, -0.05) is 52.9 Å². The van der Waals surface area contributed by atoms with E-state index >= 15 is 0 Å². The van der Waals surface area contributed by atoms with Gasteiger partial charge in [-0.15, -0.1) is 0 Å². The van der Waals surface area contributed by atoms with Crippen LogP contribution in [-0.4, -0.2) is 34.5 Å². The zero-order valence-electron chi connectivity index (χ0n) is 15.9. The monoisotopic (exact) mass is 421 g/mol. The topological polar surface area (TPSA) is 96.8 Å². The number of aromatic hydroxyl groups is 1. The summed E-state index contributed by atoms with van der Waals surface area (Å²) in [5, 5.41) is 14.7. The Morgan fingerprint density at radius 2 is 1.90 bits per heavy atom. The Balaban J connectivity index is 1.21. The molecule has 8 heteroatoms. The van der Waals surface area contributed by atoms with E-state index in [0.717, 1.165) is 33.5 Å². The van der Waals surface area contributed by atoms with Crippen molar-refractivity contribution >= 4 is 28.5 Å². The zero-order valence-corrected chi connectivity index (χ0v) is 16.8.